The summed E-state index contributed by atoms with van der Waals surface area (Å²) in [6.45, 7) is 2.32. The molecule has 2 aliphatic carbocycles. The van der Waals surface area contributed by atoms with Crippen LogP contribution in [-0.2, 0) is 4.79 Å². The van der Waals surface area contributed by atoms with Crippen LogP contribution in [0.1, 0.15) is 51.9 Å². The molecule has 0 aromatic rings. The number of carbonyl (C=O) groups is 1. The predicted molar refractivity (Wildman–Crippen MR) is 67.2 cm³/mol. The minimum atomic E-state index is 0.208. The van der Waals surface area contributed by atoms with E-state index < -0.39 is 0 Å². The molecule has 0 aromatic carbocycles. The molecule has 2 rings (SSSR count). The summed E-state index contributed by atoms with van der Waals surface area (Å²) in [5.74, 6) is 1.48. The lowest BCUT2D eigenvalue weighted by atomic mass is 9.80. The van der Waals surface area contributed by atoms with E-state index in [0.717, 1.165) is 38.0 Å². The normalized spacial score (nSPS) is 31.8. The van der Waals surface area contributed by atoms with Gasteiger partial charge in [0, 0.05) is 12.3 Å². The molecule has 0 N–H and O–H groups in total. The lowest BCUT2D eigenvalue weighted by Crippen LogP contribution is -2.20. The molecular formula is C15H22O. The zero-order valence-electron chi connectivity index (χ0n) is 10.2. The number of rotatable bonds is 1. The molecule has 0 aromatic heterocycles. The summed E-state index contributed by atoms with van der Waals surface area (Å²) in [5, 5.41) is 0. The molecule has 2 aliphatic rings. The average Bonchev–Trinajstić information content (AvgIpc) is 2.28. The number of hydrogen-bond donors (Lipinski definition) is 0. The van der Waals surface area contributed by atoms with Crippen LogP contribution in [0.2, 0.25) is 0 Å². The second-order valence-electron chi connectivity index (χ2n) is 5.28. The second kappa shape index (κ2) is 5.47. The molecule has 2 unspecified atom stereocenters. The first-order valence-corrected chi connectivity index (χ1v) is 6.66. The fraction of sp³-hybridized carbons (Fsp3) is 0.667. The van der Waals surface area contributed by atoms with Gasteiger partial charge in [-0.15, -0.1) is 0 Å². The number of carbonyl (C=O) groups excluding carboxylic acids is 1. The SMILES string of the molecule is CC1CCCC(=O)C(C2=CCCC=C2)CC1. The second-order valence-corrected chi connectivity index (χ2v) is 5.28. The van der Waals surface area contributed by atoms with E-state index in [2.05, 4.69) is 25.2 Å². The van der Waals surface area contributed by atoms with Gasteiger partial charge in [-0.2, -0.15) is 0 Å². The van der Waals surface area contributed by atoms with Crippen molar-refractivity contribution in [1.29, 1.82) is 0 Å². The first-order chi connectivity index (χ1) is 7.77. The standard InChI is InChI=1S/C15H22O/c1-12-6-5-9-15(16)14(11-10-12)13-7-3-2-4-8-13/h3,7-8,12,14H,2,4-6,9-11H2,1H3. The first-order valence-electron chi connectivity index (χ1n) is 6.66. The van der Waals surface area contributed by atoms with E-state index in [1.165, 1.54) is 18.4 Å². The van der Waals surface area contributed by atoms with Crippen LogP contribution in [0.25, 0.3) is 0 Å². The van der Waals surface area contributed by atoms with Gasteiger partial charge in [0.2, 0.25) is 0 Å². The highest BCUT2D eigenvalue weighted by atomic mass is 16.1. The van der Waals surface area contributed by atoms with Crippen LogP contribution in [-0.4, -0.2) is 5.78 Å². The van der Waals surface area contributed by atoms with E-state index in [1.54, 1.807) is 0 Å². The maximum absolute atomic E-state index is 12.1. The van der Waals surface area contributed by atoms with Crippen LogP contribution in [0.15, 0.2) is 23.8 Å². The van der Waals surface area contributed by atoms with Crippen molar-refractivity contribution >= 4 is 5.78 Å². The zero-order valence-corrected chi connectivity index (χ0v) is 10.2. The van der Waals surface area contributed by atoms with Gasteiger partial charge < -0.3 is 0 Å². The molecule has 0 saturated heterocycles. The molecule has 0 radical (unpaired) electrons. The largest absolute Gasteiger partial charge is 0.299 e. The van der Waals surface area contributed by atoms with Crippen molar-refractivity contribution in [2.75, 3.05) is 0 Å². The number of hydrogen-bond acceptors (Lipinski definition) is 1. The van der Waals surface area contributed by atoms with E-state index in [1.807, 2.05) is 0 Å². The van der Waals surface area contributed by atoms with E-state index in [4.69, 9.17) is 0 Å². The highest BCUT2D eigenvalue weighted by Crippen LogP contribution is 2.30. The van der Waals surface area contributed by atoms with E-state index in [9.17, 15) is 4.79 Å². The Balaban J connectivity index is 2.07. The van der Waals surface area contributed by atoms with Crippen LogP contribution in [0.5, 0.6) is 0 Å². The lowest BCUT2D eigenvalue weighted by Gasteiger charge is -2.24. The summed E-state index contributed by atoms with van der Waals surface area (Å²) >= 11 is 0. The van der Waals surface area contributed by atoms with Crippen LogP contribution in [0.4, 0.5) is 0 Å². The molecule has 16 heavy (non-hydrogen) atoms. The minimum absolute atomic E-state index is 0.208. The van der Waals surface area contributed by atoms with Crippen molar-refractivity contribution in [2.24, 2.45) is 11.8 Å². The summed E-state index contributed by atoms with van der Waals surface area (Å²) < 4.78 is 0. The quantitative estimate of drug-likeness (QED) is 0.649. The molecule has 1 saturated carbocycles. The molecule has 1 fully saturated rings. The van der Waals surface area contributed by atoms with E-state index in [-0.39, 0.29) is 5.92 Å². The Hall–Kier alpha value is -0.850. The van der Waals surface area contributed by atoms with Crippen molar-refractivity contribution in [3.63, 3.8) is 0 Å². The molecule has 0 heterocycles. The van der Waals surface area contributed by atoms with Crippen molar-refractivity contribution in [3.05, 3.63) is 23.8 Å². The Morgan fingerprint density at radius 3 is 2.81 bits per heavy atom. The summed E-state index contributed by atoms with van der Waals surface area (Å²) in [5.41, 5.74) is 1.30. The maximum Gasteiger partial charge on any atom is 0.140 e. The van der Waals surface area contributed by atoms with Crippen LogP contribution < -0.4 is 0 Å². The zero-order chi connectivity index (χ0) is 11.4. The van der Waals surface area contributed by atoms with Gasteiger partial charge in [-0.1, -0.05) is 31.6 Å². The molecule has 0 bridgehead atoms. The molecule has 1 heteroatoms. The van der Waals surface area contributed by atoms with Crippen molar-refractivity contribution < 1.29 is 4.79 Å². The Morgan fingerprint density at radius 2 is 2.06 bits per heavy atom. The third kappa shape index (κ3) is 2.84. The third-order valence-electron chi connectivity index (χ3n) is 3.88. The van der Waals surface area contributed by atoms with E-state index in [0.29, 0.717) is 5.78 Å². The minimum Gasteiger partial charge on any atom is -0.299 e. The number of ketones is 1. The van der Waals surface area contributed by atoms with Crippen LogP contribution in [0, 0.1) is 11.8 Å². The Bertz CT molecular complexity index is 311. The van der Waals surface area contributed by atoms with Gasteiger partial charge in [-0.05, 0) is 43.6 Å². The highest BCUT2D eigenvalue weighted by molar-refractivity contribution is 5.84. The molecule has 0 aliphatic heterocycles. The summed E-state index contributed by atoms with van der Waals surface area (Å²) in [6.07, 6.45) is 14.3. The van der Waals surface area contributed by atoms with Crippen molar-refractivity contribution in [2.45, 2.75) is 51.9 Å². The fourth-order valence-electron chi connectivity index (χ4n) is 2.80. The Morgan fingerprint density at radius 1 is 1.19 bits per heavy atom. The first kappa shape index (κ1) is 11.6. The van der Waals surface area contributed by atoms with Gasteiger partial charge in [0.1, 0.15) is 5.78 Å². The number of Topliss-reactive ketones (excluding diaryl/α,β-unsaturated/α-hetero) is 1. The summed E-state index contributed by atoms with van der Waals surface area (Å²) in [7, 11) is 0. The highest BCUT2D eigenvalue weighted by Gasteiger charge is 2.24. The molecule has 0 spiro atoms. The molecule has 1 nitrogen and oxygen atoms in total. The molecule has 88 valence electrons. The molecule has 2 atom stereocenters. The predicted octanol–water partition coefficient (Wildman–Crippen LogP) is 4.05. The average molecular weight is 218 g/mol. The van der Waals surface area contributed by atoms with Gasteiger partial charge in [0.25, 0.3) is 0 Å². The van der Waals surface area contributed by atoms with Gasteiger partial charge in [0.15, 0.2) is 0 Å². The Kier molecular flexibility index (Phi) is 3.98. The Labute approximate surface area is 98.6 Å². The van der Waals surface area contributed by atoms with Gasteiger partial charge in [-0.3, -0.25) is 4.79 Å². The molecular weight excluding hydrogens is 196 g/mol. The van der Waals surface area contributed by atoms with Crippen molar-refractivity contribution in [1.82, 2.24) is 0 Å². The molecule has 0 amide bonds. The van der Waals surface area contributed by atoms with Gasteiger partial charge >= 0.3 is 0 Å². The lowest BCUT2D eigenvalue weighted by molar-refractivity contribution is -0.122. The van der Waals surface area contributed by atoms with Crippen LogP contribution >= 0.6 is 0 Å². The topological polar surface area (TPSA) is 17.1 Å². The van der Waals surface area contributed by atoms with Gasteiger partial charge in [-0.25, -0.2) is 0 Å². The van der Waals surface area contributed by atoms with Crippen molar-refractivity contribution in [3.8, 4) is 0 Å². The van der Waals surface area contributed by atoms with Crippen LogP contribution in [0.3, 0.4) is 0 Å². The fourth-order valence-corrected chi connectivity index (χ4v) is 2.80. The van der Waals surface area contributed by atoms with E-state index >= 15 is 0 Å². The summed E-state index contributed by atoms with van der Waals surface area (Å²) in [6, 6.07) is 0. The number of allylic oxidation sites excluding steroid dienone is 4. The summed E-state index contributed by atoms with van der Waals surface area (Å²) in [4.78, 5) is 12.1. The van der Waals surface area contributed by atoms with Gasteiger partial charge in [0.05, 0.1) is 0 Å². The maximum atomic E-state index is 12.1. The smallest absolute Gasteiger partial charge is 0.140 e. The third-order valence-corrected chi connectivity index (χ3v) is 3.88. The monoisotopic (exact) mass is 218 g/mol.